The molecule has 1 spiro atoms. The number of aromatic nitrogens is 3. The van der Waals surface area contributed by atoms with Crippen molar-refractivity contribution in [3.63, 3.8) is 0 Å². The Bertz CT molecular complexity index is 1680. The van der Waals surface area contributed by atoms with E-state index in [0.717, 1.165) is 61.7 Å². The predicted molar refractivity (Wildman–Crippen MR) is 145 cm³/mol. The van der Waals surface area contributed by atoms with Gasteiger partial charge in [-0.2, -0.15) is 0 Å². The van der Waals surface area contributed by atoms with Crippen LogP contribution in [0.5, 0.6) is 0 Å². The molecule has 1 aromatic carbocycles. The average Bonchev–Trinajstić information content (AvgIpc) is 3.61. The first-order valence-corrected chi connectivity index (χ1v) is 13.6. The molecule has 0 atom stereocenters. The van der Waals surface area contributed by atoms with Crippen molar-refractivity contribution in [3.05, 3.63) is 77.0 Å². The molecule has 39 heavy (non-hydrogen) atoms. The van der Waals surface area contributed by atoms with Gasteiger partial charge in [-0.05, 0) is 49.4 Å². The summed E-state index contributed by atoms with van der Waals surface area (Å²) < 4.78 is 21.2. The number of anilines is 2. The number of fused-ring (bicyclic) bond motifs is 4. The average molecular weight is 523 g/mol. The number of amides is 1. The lowest BCUT2D eigenvalue weighted by Crippen LogP contribution is -2.49. The smallest absolute Gasteiger partial charge is 0.279 e. The summed E-state index contributed by atoms with van der Waals surface area (Å²) in [6, 6.07) is 11.5. The Morgan fingerprint density at radius 2 is 1.97 bits per heavy atom. The number of pyridine rings is 2. The number of carbonyl (C=O) groups is 1. The summed E-state index contributed by atoms with van der Waals surface area (Å²) in [7, 11) is 0. The third-order valence-corrected chi connectivity index (χ3v) is 8.70. The Labute approximate surface area is 224 Å². The number of nitrogens with one attached hydrogen (secondary N) is 1. The molecule has 1 amide bonds. The molecule has 1 N–H and O–H groups in total. The van der Waals surface area contributed by atoms with Crippen molar-refractivity contribution in [3.8, 4) is 11.3 Å². The minimum Gasteiger partial charge on any atom is -0.381 e. The minimum absolute atomic E-state index is 0.101. The number of aliphatic imine (C=N–C) groups is 1. The zero-order valence-corrected chi connectivity index (χ0v) is 21.4. The summed E-state index contributed by atoms with van der Waals surface area (Å²) in [5, 5.41) is 3.43. The SMILES string of the molecule is O=C1N=Cc2c(-c3cnc4cc(F)ccn34)ccc(Nc3ccc4c(n3)CN(C3CC3)CC43CCOCC3)c21. The highest BCUT2D eigenvalue weighted by atomic mass is 19.1. The highest BCUT2D eigenvalue weighted by Crippen LogP contribution is 2.44. The monoisotopic (exact) mass is 522 g/mol. The number of ether oxygens (including phenoxy) is 1. The fraction of sp³-hybridized carbons (Fsp3) is 0.333. The highest BCUT2D eigenvalue weighted by Gasteiger charge is 2.45. The van der Waals surface area contributed by atoms with E-state index >= 15 is 0 Å². The third-order valence-electron chi connectivity index (χ3n) is 8.70. The standard InChI is InChI=1S/C30H27FN6O2/c31-18-7-10-37-25(15-32-27(37)13-18)20-3-5-23(28-21(20)14-33-29(28)38)34-26-6-4-22-24(35-26)16-36(19-1-2-19)17-30(22)8-11-39-12-9-30/h3-7,10,13-15,19H,1-2,8-9,11-12,16-17H2,(H,34,35). The molecule has 6 heterocycles. The number of hydrogen-bond acceptors (Lipinski definition) is 6. The van der Waals surface area contributed by atoms with Crippen molar-refractivity contribution in [1.29, 1.82) is 0 Å². The molecule has 0 bridgehead atoms. The van der Waals surface area contributed by atoms with E-state index in [1.165, 1.54) is 30.5 Å². The topological polar surface area (TPSA) is 84.1 Å². The molecule has 8 rings (SSSR count). The normalized spacial score (nSPS) is 20.0. The molecule has 3 aliphatic heterocycles. The number of halogens is 1. The van der Waals surface area contributed by atoms with Gasteiger partial charge < -0.3 is 10.1 Å². The Kier molecular flexibility index (Phi) is 5.02. The summed E-state index contributed by atoms with van der Waals surface area (Å²) in [4.78, 5) is 29.1. The predicted octanol–water partition coefficient (Wildman–Crippen LogP) is 4.88. The van der Waals surface area contributed by atoms with Crippen LogP contribution in [-0.4, -0.2) is 57.2 Å². The number of imidazole rings is 1. The van der Waals surface area contributed by atoms with Crippen LogP contribution in [0.2, 0.25) is 0 Å². The van der Waals surface area contributed by atoms with Crippen LogP contribution in [-0.2, 0) is 16.7 Å². The van der Waals surface area contributed by atoms with E-state index in [1.54, 1.807) is 18.6 Å². The van der Waals surface area contributed by atoms with Crippen molar-refractivity contribution in [2.24, 2.45) is 4.99 Å². The molecular formula is C30H27FN6O2. The quantitative estimate of drug-likeness (QED) is 0.411. The van der Waals surface area contributed by atoms with Crippen LogP contribution in [0.4, 0.5) is 15.9 Å². The van der Waals surface area contributed by atoms with E-state index in [2.05, 4.69) is 26.3 Å². The van der Waals surface area contributed by atoms with Gasteiger partial charge in [-0.15, -0.1) is 0 Å². The molecule has 1 aliphatic carbocycles. The number of hydrogen-bond donors (Lipinski definition) is 1. The van der Waals surface area contributed by atoms with Crippen LogP contribution in [0.1, 0.15) is 52.9 Å². The van der Waals surface area contributed by atoms with Crippen LogP contribution in [0.3, 0.4) is 0 Å². The summed E-state index contributed by atoms with van der Waals surface area (Å²) in [6.45, 7) is 3.52. The Balaban J connectivity index is 1.16. The van der Waals surface area contributed by atoms with Gasteiger partial charge in [-0.1, -0.05) is 12.1 Å². The number of rotatable bonds is 4. The minimum atomic E-state index is -0.346. The van der Waals surface area contributed by atoms with E-state index in [9.17, 15) is 9.18 Å². The van der Waals surface area contributed by atoms with E-state index in [4.69, 9.17) is 9.72 Å². The van der Waals surface area contributed by atoms with Crippen molar-refractivity contribution in [2.45, 2.75) is 43.7 Å². The first-order chi connectivity index (χ1) is 19.1. The van der Waals surface area contributed by atoms with Gasteiger partial charge >= 0.3 is 0 Å². The molecule has 4 aliphatic rings. The lowest BCUT2D eigenvalue weighted by atomic mass is 9.71. The highest BCUT2D eigenvalue weighted by molar-refractivity contribution is 6.19. The fourth-order valence-electron chi connectivity index (χ4n) is 6.58. The zero-order valence-electron chi connectivity index (χ0n) is 21.4. The van der Waals surface area contributed by atoms with Crippen molar-refractivity contribution < 1.29 is 13.9 Å². The largest absolute Gasteiger partial charge is 0.381 e. The van der Waals surface area contributed by atoms with Gasteiger partial charge in [-0.3, -0.25) is 14.1 Å². The maximum atomic E-state index is 13.7. The maximum Gasteiger partial charge on any atom is 0.279 e. The van der Waals surface area contributed by atoms with Crippen molar-refractivity contribution in [1.82, 2.24) is 19.3 Å². The maximum absolute atomic E-state index is 13.7. The number of benzene rings is 1. The molecule has 8 nitrogen and oxygen atoms in total. The summed E-state index contributed by atoms with van der Waals surface area (Å²) >= 11 is 0. The van der Waals surface area contributed by atoms with Crippen LogP contribution in [0, 0.1) is 5.82 Å². The van der Waals surface area contributed by atoms with Gasteiger partial charge in [0, 0.05) is 67.4 Å². The van der Waals surface area contributed by atoms with E-state index < -0.39 is 0 Å². The van der Waals surface area contributed by atoms with E-state index in [-0.39, 0.29) is 17.1 Å². The van der Waals surface area contributed by atoms with Crippen LogP contribution in [0.15, 0.2) is 53.8 Å². The van der Waals surface area contributed by atoms with Gasteiger partial charge in [0.25, 0.3) is 5.91 Å². The Morgan fingerprint density at radius 1 is 1.10 bits per heavy atom. The second-order valence-electron chi connectivity index (χ2n) is 11.1. The second kappa shape index (κ2) is 8.53. The van der Waals surface area contributed by atoms with Gasteiger partial charge in [-0.25, -0.2) is 19.4 Å². The zero-order chi connectivity index (χ0) is 26.1. The molecular weight excluding hydrogens is 495 g/mol. The van der Waals surface area contributed by atoms with Gasteiger partial charge in [0.15, 0.2) is 0 Å². The fourth-order valence-corrected chi connectivity index (χ4v) is 6.58. The first kappa shape index (κ1) is 23.0. The molecule has 0 unspecified atom stereocenters. The molecule has 2 fully saturated rings. The Morgan fingerprint density at radius 3 is 2.82 bits per heavy atom. The molecule has 1 saturated heterocycles. The molecule has 4 aromatic rings. The van der Waals surface area contributed by atoms with Gasteiger partial charge in [0.1, 0.15) is 17.3 Å². The van der Waals surface area contributed by atoms with E-state index in [1.807, 2.05) is 22.6 Å². The number of carbonyl (C=O) groups excluding carboxylic acids is 1. The van der Waals surface area contributed by atoms with Gasteiger partial charge in [0.2, 0.25) is 0 Å². The lowest BCUT2D eigenvalue weighted by molar-refractivity contribution is 0.0233. The van der Waals surface area contributed by atoms with E-state index in [0.29, 0.717) is 28.8 Å². The summed E-state index contributed by atoms with van der Waals surface area (Å²) in [6.07, 6.45) is 9.51. The van der Waals surface area contributed by atoms with Crippen LogP contribution in [0.25, 0.3) is 16.9 Å². The summed E-state index contributed by atoms with van der Waals surface area (Å²) in [5.41, 5.74) is 6.53. The number of nitrogens with zero attached hydrogens (tertiary/aromatic N) is 5. The van der Waals surface area contributed by atoms with Gasteiger partial charge in [0.05, 0.1) is 28.8 Å². The lowest BCUT2D eigenvalue weighted by Gasteiger charge is -2.46. The second-order valence-corrected chi connectivity index (χ2v) is 11.1. The molecule has 0 radical (unpaired) electrons. The van der Waals surface area contributed by atoms with Crippen LogP contribution < -0.4 is 5.32 Å². The van der Waals surface area contributed by atoms with Crippen molar-refractivity contribution in [2.75, 3.05) is 25.1 Å². The molecule has 1 saturated carbocycles. The summed E-state index contributed by atoms with van der Waals surface area (Å²) in [5.74, 6) is 0.0727. The molecule has 196 valence electrons. The molecule has 3 aromatic heterocycles. The molecule has 9 heteroatoms. The third kappa shape index (κ3) is 3.71. The van der Waals surface area contributed by atoms with Crippen LogP contribution >= 0.6 is 0 Å². The Hall–Kier alpha value is -3.95. The first-order valence-electron chi connectivity index (χ1n) is 13.6. The van der Waals surface area contributed by atoms with Crippen molar-refractivity contribution >= 4 is 29.3 Å².